The summed E-state index contributed by atoms with van der Waals surface area (Å²) < 4.78 is 4.36. The predicted molar refractivity (Wildman–Crippen MR) is 53.4 cm³/mol. The fraction of sp³-hybridized carbons (Fsp3) is 0.714. The zero-order valence-electron chi connectivity index (χ0n) is 6.35. The molecule has 0 aliphatic carbocycles. The lowest BCUT2D eigenvalue weighted by Crippen LogP contribution is -2.10. The molecule has 0 rings (SSSR count). The van der Waals surface area contributed by atoms with Crippen LogP contribution in [0.3, 0.4) is 0 Å². The Kier molecular flexibility index (Phi) is 18.0. The van der Waals surface area contributed by atoms with Crippen molar-refractivity contribution in [1.82, 2.24) is 0 Å². The summed E-state index contributed by atoms with van der Waals surface area (Å²) in [6.07, 6.45) is 1.30. The molecule has 0 spiro atoms. The standard InChI is InChI=1S/C7H12O3.2Mg.4H/c1-3-5-7(9)10-6(8)4-2;;;;;;/h3-5H2,1-2H3;;;;;;. The largest absolute Gasteiger partial charge is 0.393 e. The Balaban J connectivity index is -0.000000405. The average molecular weight is 197 g/mol. The van der Waals surface area contributed by atoms with Crippen LogP contribution in [0.4, 0.5) is 0 Å². The normalized spacial score (nSPS) is 7.50. The van der Waals surface area contributed by atoms with Gasteiger partial charge in [0.15, 0.2) is 0 Å². The fourth-order valence-corrected chi connectivity index (χ4v) is 0.454. The Hall–Kier alpha value is 0.672. The molecule has 66 valence electrons. The van der Waals surface area contributed by atoms with E-state index in [-0.39, 0.29) is 52.5 Å². The molecule has 0 amide bonds. The highest BCUT2D eigenvalue weighted by Gasteiger charge is 2.05. The molecule has 0 heterocycles. The van der Waals surface area contributed by atoms with Crippen LogP contribution in [0.1, 0.15) is 33.1 Å². The summed E-state index contributed by atoms with van der Waals surface area (Å²) in [5.74, 6) is -0.868. The minimum Gasteiger partial charge on any atom is -0.393 e. The van der Waals surface area contributed by atoms with Gasteiger partial charge in [-0.2, -0.15) is 0 Å². The Morgan fingerprint density at radius 1 is 1.08 bits per heavy atom. The zero-order valence-corrected chi connectivity index (χ0v) is 6.35. The first-order chi connectivity index (χ1) is 4.70. The van der Waals surface area contributed by atoms with E-state index < -0.39 is 11.9 Å². The van der Waals surface area contributed by atoms with Crippen molar-refractivity contribution < 1.29 is 14.3 Å². The molecule has 0 bridgehead atoms. The SMILES string of the molecule is CCCC(=O)OC(=O)CC.[MgH2].[MgH2]. The van der Waals surface area contributed by atoms with Crippen LogP contribution < -0.4 is 0 Å². The lowest BCUT2D eigenvalue weighted by atomic mass is 10.3. The predicted octanol–water partition coefficient (Wildman–Crippen LogP) is -0.566. The number of esters is 2. The van der Waals surface area contributed by atoms with Gasteiger partial charge < -0.3 is 4.74 Å². The molecular weight excluding hydrogens is 181 g/mol. The van der Waals surface area contributed by atoms with Crippen molar-refractivity contribution in [2.75, 3.05) is 0 Å². The van der Waals surface area contributed by atoms with Crippen LogP contribution >= 0.6 is 0 Å². The van der Waals surface area contributed by atoms with E-state index in [0.29, 0.717) is 6.42 Å². The number of rotatable bonds is 3. The molecule has 0 N–H and O–H groups in total. The van der Waals surface area contributed by atoms with E-state index in [1.165, 1.54) is 0 Å². The summed E-state index contributed by atoms with van der Waals surface area (Å²) in [5, 5.41) is 0. The van der Waals surface area contributed by atoms with Crippen molar-refractivity contribution >= 4 is 58.0 Å². The first-order valence-corrected chi connectivity index (χ1v) is 3.44. The van der Waals surface area contributed by atoms with Gasteiger partial charge >= 0.3 is 58.0 Å². The van der Waals surface area contributed by atoms with E-state index in [1.807, 2.05) is 6.92 Å². The number of ether oxygens (including phenoxy) is 1. The second kappa shape index (κ2) is 11.7. The first-order valence-electron chi connectivity index (χ1n) is 3.44. The first kappa shape index (κ1) is 18.5. The van der Waals surface area contributed by atoms with Crippen molar-refractivity contribution in [3.8, 4) is 0 Å². The lowest BCUT2D eigenvalue weighted by Gasteiger charge is -1.97. The molecule has 0 saturated carbocycles. The molecule has 0 aliphatic rings. The molecule has 12 heavy (non-hydrogen) atoms. The molecule has 0 aromatic heterocycles. The fourth-order valence-electron chi connectivity index (χ4n) is 0.454. The third kappa shape index (κ3) is 10.7. The molecule has 0 aliphatic heterocycles. The van der Waals surface area contributed by atoms with Gasteiger partial charge in [0.1, 0.15) is 0 Å². The minimum atomic E-state index is -0.446. The molecule has 0 aromatic rings. The topological polar surface area (TPSA) is 43.4 Å². The van der Waals surface area contributed by atoms with Crippen LogP contribution in [-0.4, -0.2) is 58.0 Å². The van der Waals surface area contributed by atoms with Crippen LogP contribution in [0.2, 0.25) is 0 Å². The molecule has 0 radical (unpaired) electrons. The lowest BCUT2D eigenvalue weighted by molar-refractivity contribution is -0.159. The maximum atomic E-state index is 10.6. The zero-order chi connectivity index (χ0) is 7.98. The molecule has 0 aromatic carbocycles. The van der Waals surface area contributed by atoms with Gasteiger partial charge in [-0.15, -0.1) is 0 Å². The van der Waals surface area contributed by atoms with Crippen molar-refractivity contribution in [3.05, 3.63) is 0 Å². The average Bonchev–Trinajstić information content (AvgIpc) is 1.88. The summed E-state index contributed by atoms with van der Waals surface area (Å²) in [7, 11) is 0. The molecule has 3 nitrogen and oxygen atoms in total. The Morgan fingerprint density at radius 2 is 1.58 bits per heavy atom. The van der Waals surface area contributed by atoms with Crippen LogP contribution in [0.25, 0.3) is 0 Å². The van der Waals surface area contributed by atoms with Crippen LogP contribution in [-0.2, 0) is 14.3 Å². The van der Waals surface area contributed by atoms with Gasteiger partial charge in [-0.3, -0.25) is 9.59 Å². The van der Waals surface area contributed by atoms with Crippen molar-refractivity contribution in [2.45, 2.75) is 33.1 Å². The van der Waals surface area contributed by atoms with Crippen LogP contribution in [0.5, 0.6) is 0 Å². The summed E-state index contributed by atoms with van der Waals surface area (Å²) in [4.78, 5) is 21.0. The van der Waals surface area contributed by atoms with Gasteiger partial charge in [0.2, 0.25) is 0 Å². The van der Waals surface area contributed by atoms with Crippen molar-refractivity contribution in [3.63, 3.8) is 0 Å². The van der Waals surface area contributed by atoms with Gasteiger partial charge in [0.05, 0.1) is 0 Å². The highest BCUT2D eigenvalue weighted by molar-refractivity contribution is 5.85. The molecule has 5 heteroatoms. The summed E-state index contributed by atoms with van der Waals surface area (Å²) in [6.45, 7) is 3.51. The van der Waals surface area contributed by atoms with Crippen LogP contribution in [0, 0.1) is 0 Å². The smallest absolute Gasteiger partial charge is 0.316 e. The van der Waals surface area contributed by atoms with Gasteiger partial charge in [0, 0.05) is 12.8 Å². The molecular formula is C7H16Mg2O3. The van der Waals surface area contributed by atoms with E-state index in [0.717, 1.165) is 6.42 Å². The maximum absolute atomic E-state index is 10.6. The second-order valence-corrected chi connectivity index (χ2v) is 1.95. The quantitative estimate of drug-likeness (QED) is 0.345. The van der Waals surface area contributed by atoms with Gasteiger partial charge in [-0.1, -0.05) is 13.8 Å². The molecule has 0 unspecified atom stereocenters. The molecule has 0 atom stereocenters. The second-order valence-electron chi connectivity index (χ2n) is 1.95. The van der Waals surface area contributed by atoms with Crippen molar-refractivity contribution in [2.24, 2.45) is 0 Å². The summed E-state index contributed by atoms with van der Waals surface area (Å²) in [5.41, 5.74) is 0. The molecule has 0 fully saturated rings. The monoisotopic (exact) mass is 196 g/mol. The highest BCUT2D eigenvalue weighted by Crippen LogP contribution is 1.93. The highest BCUT2D eigenvalue weighted by atomic mass is 24.3. The number of hydrogen-bond donors (Lipinski definition) is 0. The summed E-state index contributed by atoms with van der Waals surface area (Å²) in [6, 6.07) is 0. The molecule has 0 saturated heterocycles. The number of hydrogen-bond acceptors (Lipinski definition) is 3. The van der Waals surface area contributed by atoms with Gasteiger partial charge in [-0.25, -0.2) is 0 Å². The van der Waals surface area contributed by atoms with E-state index in [2.05, 4.69) is 4.74 Å². The van der Waals surface area contributed by atoms with Crippen LogP contribution in [0.15, 0.2) is 0 Å². The van der Waals surface area contributed by atoms with E-state index in [9.17, 15) is 9.59 Å². The van der Waals surface area contributed by atoms with Gasteiger partial charge in [0.25, 0.3) is 0 Å². The maximum Gasteiger partial charge on any atom is 0.316 e. The van der Waals surface area contributed by atoms with Gasteiger partial charge in [-0.05, 0) is 6.42 Å². The summed E-state index contributed by atoms with van der Waals surface area (Å²) >= 11 is 0. The minimum absolute atomic E-state index is 0. The third-order valence-electron chi connectivity index (χ3n) is 0.970. The number of carbonyl (C=O) groups excluding carboxylic acids is 2. The van der Waals surface area contributed by atoms with Crippen molar-refractivity contribution in [1.29, 1.82) is 0 Å². The van der Waals surface area contributed by atoms with E-state index >= 15 is 0 Å². The van der Waals surface area contributed by atoms with E-state index in [4.69, 9.17) is 0 Å². The third-order valence-corrected chi connectivity index (χ3v) is 0.970. The number of carbonyl (C=O) groups is 2. The Labute approximate surface area is 105 Å². The Bertz CT molecular complexity index is 137. The Morgan fingerprint density at radius 3 is 1.92 bits per heavy atom. The van der Waals surface area contributed by atoms with E-state index in [1.54, 1.807) is 6.92 Å².